The number of alkyl halides is 2. The van der Waals surface area contributed by atoms with E-state index in [0.29, 0.717) is 18.2 Å². The van der Waals surface area contributed by atoms with E-state index < -0.39 is 0 Å². The molecule has 1 aliphatic heterocycles. The number of hydrogen-bond donors (Lipinski definition) is 1. The Morgan fingerprint density at radius 2 is 1.76 bits per heavy atom. The summed E-state index contributed by atoms with van der Waals surface area (Å²) < 4.78 is 0. The predicted octanol–water partition coefficient (Wildman–Crippen LogP) is 6.83. The molecule has 1 unspecified atom stereocenters. The van der Waals surface area contributed by atoms with Crippen LogP contribution in [0, 0.1) is 5.41 Å². The van der Waals surface area contributed by atoms with Crippen molar-refractivity contribution in [3.63, 3.8) is 0 Å². The number of Topliss-reactive ketones (excluding diaryl/α,β-unsaturated/α-hetero) is 1. The number of carbonyl (C=O) groups is 1. The van der Waals surface area contributed by atoms with Crippen LogP contribution in [0.5, 0.6) is 0 Å². The first-order valence-electron chi connectivity index (χ1n) is 11.8. The van der Waals surface area contributed by atoms with Gasteiger partial charge in [0, 0.05) is 65.4 Å². The number of halogens is 2. The van der Waals surface area contributed by atoms with E-state index in [1.807, 2.05) is 12.3 Å². The van der Waals surface area contributed by atoms with Crippen LogP contribution < -0.4 is 10.2 Å². The highest BCUT2D eigenvalue weighted by atomic mass is 35.5. The summed E-state index contributed by atoms with van der Waals surface area (Å²) in [5.74, 6) is 1.32. The third kappa shape index (κ3) is 4.18. The van der Waals surface area contributed by atoms with E-state index in [4.69, 9.17) is 23.2 Å². The molecule has 0 spiro atoms. The first-order valence-corrected chi connectivity index (χ1v) is 12.9. The van der Waals surface area contributed by atoms with Crippen molar-refractivity contribution in [1.29, 1.82) is 0 Å². The lowest BCUT2D eigenvalue weighted by atomic mass is 9.68. The van der Waals surface area contributed by atoms with Crippen LogP contribution in [0.4, 0.5) is 11.4 Å². The van der Waals surface area contributed by atoms with E-state index in [2.05, 4.69) is 71.5 Å². The number of aromatic nitrogens is 1. The summed E-state index contributed by atoms with van der Waals surface area (Å²) in [6.45, 7) is 5.86. The molecule has 176 valence electrons. The van der Waals surface area contributed by atoms with Gasteiger partial charge in [-0.1, -0.05) is 32.0 Å². The second-order valence-electron chi connectivity index (χ2n) is 9.93. The monoisotopic (exact) mass is 493 g/mol. The van der Waals surface area contributed by atoms with Crippen molar-refractivity contribution < 1.29 is 4.79 Å². The van der Waals surface area contributed by atoms with Gasteiger partial charge in [-0.15, -0.1) is 23.2 Å². The Balaban J connectivity index is 1.62. The van der Waals surface area contributed by atoms with Crippen molar-refractivity contribution in [1.82, 2.24) is 4.98 Å². The Labute approximate surface area is 211 Å². The summed E-state index contributed by atoms with van der Waals surface area (Å²) >= 11 is 12.0. The Hall–Kier alpha value is -2.56. The lowest BCUT2D eigenvalue weighted by Gasteiger charge is -2.40. The molecule has 34 heavy (non-hydrogen) atoms. The molecule has 1 aliphatic carbocycles. The number of benzene rings is 2. The molecule has 1 aromatic heterocycles. The van der Waals surface area contributed by atoms with Crippen molar-refractivity contribution >= 4 is 56.8 Å². The fraction of sp³-hybridized carbons (Fsp3) is 0.357. The van der Waals surface area contributed by atoms with E-state index in [-0.39, 0.29) is 17.2 Å². The molecule has 2 heterocycles. The van der Waals surface area contributed by atoms with E-state index in [0.717, 1.165) is 64.1 Å². The van der Waals surface area contributed by atoms with Gasteiger partial charge in [-0.3, -0.25) is 9.78 Å². The lowest BCUT2D eigenvalue weighted by molar-refractivity contribution is -0.118. The molecule has 6 heteroatoms. The van der Waals surface area contributed by atoms with Gasteiger partial charge in [0.2, 0.25) is 0 Å². The Bertz CT molecular complexity index is 1260. The number of pyridine rings is 1. The van der Waals surface area contributed by atoms with Crippen molar-refractivity contribution in [3.8, 4) is 0 Å². The second-order valence-corrected chi connectivity index (χ2v) is 10.7. The largest absolute Gasteiger partial charge is 0.373 e. The first-order chi connectivity index (χ1) is 16.4. The van der Waals surface area contributed by atoms with Gasteiger partial charge in [-0.25, -0.2) is 0 Å². The van der Waals surface area contributed by atoms with Gasteiger partial charge >= 0.3 is 0 Å². The van der Waals surface area contributed by atoms with Crippen molar-refractivity contribution in [3.05, 3.63) is 71.4 Å². The van der Waals surface area contributed by atoms with Gasteiger partial charge in [-0.05, 0) is 53.3 Å². The van der Waals surface area contributed by atoms with Crippen molar-refractivity contribution in [2.24, 2.45) is 5.41 Å². The maximum absolute atomic E-state index is 13.6. The van der Waals surface area contributed by atoms with Crippen LogP contribution in [0.3, 0.4) is 0 Å². The van der Waals surface area contributed by atoms with Crippen LogP contribution >= 0.6 is 23.2 Å². The zero-order valence-corrected chi connectivity index (χ0v) is 21.1. The third-order valence-corrected chi connectivity index (χ3v) is 7.23. The van der Waals surface area contributed by atoms with E-state index in [1.54, 1.807) is 0 Å². The molecule has 0 bridgehead atoms. The zero-order chi connectivity index (χ0) is 23.9. The average molecular weight is 494 g/mol. The number of anilines is 2. The fourth-order valence-electron chi connectivity index (χ4n) is 5.42. The fourth-order valence-corrected chi connectivity index (χ4v) is 5.83. The molecule has 0 fully saturated rings. The van der Waals surface area contributed by atoms with Crippen molar-refractivity contribution in [2.45, 2.75) is 32.7 Å². The van der Waals surface area contributed by atoms with Gasteiger partial charge in [0.15, 0.2) is 5.78 Å². The van der Waals surface area contributed by atoms with Gasteiger partial charge < -0.3 is 10.2 Å². The van der Waals surface area contributed by atoms with Gasteiger partial charge in [0.1, 0.15) is 0 Å². The summed E-state index contributed by atoms with van der Waals surface area (Å²) in [5, 5.41) is 4.79. The summed E-state index contributed by atoms with van der Waals surface area (Å²) in [5.41, 5.74) is 7.29. The number of nitrogens with one attached hydrogen (secondary N) is 1. The molecule has 1 N–H and O–H groups in total. The Kier molecular flexibility index (Phi) is 6.30. The topological polar surface area (TPSA) is 45.2 Å². The number of rotatable bonds is 6. The highest BCUT2D eigenvalue weighted by Crippen LogP contribution is 2.51. The van der Waals surface area contributed by atoms with Crippen LogP contribution in [0.2, 0.25) is 0 Å². The van der Waals surface area contributed by atoms with Gasteiger partial charge in [0.25, 0.3) is 0 Å². The third-order valence-electron chi connectivity index (χ3n) is 6.90. The molecule has 2 aromatic carbocycles. The maximum Gasteiger partial charge on any atom is 0.162 e. The molecule has 0 radical (unpaired) electrons. The van der Waals surface area contributed by atoms with Crippen LogP contribution in [0.25, 0.3) is 16.5 Å². The van der Waals surface area contributed by atoms with Crippen molar-refractivity contribution in [2.75, 3.05) is 35.1 Å². The molecule has 3 aromatic rings. The Morgan fingerprint density at radius 1 is 1.03 bits per heavy atom. The van der Waals surface area contributed by atoms with Crippen LogP contribution in [0.15, 0.2) is 60.3 Å². The first kappa shape index (κ1) is 23.2. The van der Waals surface area contributed by atoms with E-state index >= 15 is 0 Å². The Morgan fingerprint density at radius 3 is 2.47 bits per heavy atom. The number of carbonyl (C=O) groups excluding carboxylic acids is 1. The number of ketones is 1. The molecule has 0 saturated heterocycles. The molecule has 2 aliphatic rings. The molecule has 0 amide bonds. The minimum absolute atomic E-state index is 0.0765. The van der Waals surface area contributed by atoms with Crippen LogP contribution in [-0.2, 0) is 4.79 Å². The maximum atomic E-state index is 13.6. The molecule has 4 nitrogen and oxygen atoms in total. The smallest absolute Gasteiger partial charge is 0.162 e. The standard InChI is InChI=1S/C28H29Cl2N3O/c1-28(2)16-21-25-20-4-3-13-31-22(20)9-10-23(25)32-27(26(21)24(34)17-28)18-5-7-19(8-6-18)33(14-11-29)15-12-30/h3-10,13,27,32H,11-12,14-17H2,1-2H3. The minimum Gasteiger partial charge on any atom is -0.373 e. The normalized spacial score (nSPS) is 18.9. The van der Waals surface area contributed by atoms with Crippen LogP contribution in [0.1, 0.15) is 43.9 Å². The second kappa shape index (κ2) is 9.24. The van der Waals surface area contributed by atoms with Gasteiger partial charge in [0.05, 0.1) is 11.6 Å². The average Bonchev–Trinajstić information content (AvgIpc) is 2.82. The SMILES string of the molecule is CC1(C)CC(=O)C2=C(C1)c1c(ccc3ncccc13)NC2c1ccc(N(CCCl)CCCl)cc1. The van der Waals surface area contributed by atoms with Gasteiger partial charge in [-0.2, -0.15) is 0 Å². The lowest BCUT2D eigenvalue weighted by Crippen LogP contribution is -2.33. The van der Waals surface area contributed by atoms with Crippen LogP contribution in [-0.4, -0.2) is 35.6 Å². The summed E-state index contributed by atoms with van der Waals surface area (Å²) in [6, 6.07) is 16.5. The predicted molar refractivity (Wildman–Crippen MR) is 143 cm³/mol. The number of allylic oxidation sites excluding steroid dienone is 1. The molecule has 5 rings (SSSR count). The summed E-state index contributed by atoms with van der Waals surface area (Å²) in [4.78, 5) is 20.3. The molecule has 0 saturated carbocycles. The number of hydrogen-bond acceptors (Lipinski definition) is 4. The molecular formula is C28H29Cl2N3O. The van der Waals surface area contributed by atoms with E-state index in [1.165, 1.54) is 0 Å². The molecule has 1 atom stereocenters. The quantitative estimate of drug-likeness (QED) is 0.382. The minimum atomic E-state index is -0.177. The summed E-state index contributed by atoms with van der Waals surface area (Å²) in [7, 11) is 0. The van der Waals surface area contributed by atoms with E-state index in [9.17, 15) is 4.79 Å². The summed E-state index contributed by atoms with van der Waals surface area (Å²) in [6.07, 6.45) is 3.24. The number of nitrogens with zero attached hydrogens (tertiary/aromatic N) is 2. The zero-order valence-electron chi connectivity index (χ0n) is 19.6. The molecular weight excluding hydrogens is 465 g/mol. The highest BCUT2D eigenvalue weighted by Gasteiger charge is 2.40. The highest BCUT2D eigenvalue weighted by molar-refractivity contribution is 6.18. The number of fused-ring (bicyclic) bond motifs is 4.